The first-order valence-electron chi connectivity index (χ1n) is 9.98. The lowest BCUT2D eigenvalue weighted by Crippen LogP contribution is -2.29. The van der Waals surface area contributed by atoms with Crippen LogP contribution < -0.4 is 4.74 Å². The van der Waals surface area contributed by atoms with Crippen molar-refractivity contribution in [3.05, 3.63) is 95.6 Å². The zero-order valence-corrected chi connectivity index (χ0v) is 20.3. The van der Waals surface area contributed by atoms with Gasteiger partial charge in [-0.1, -0.05) is 30.3 Å². The Morgan fingerprint density at radius 1 is 1.03 bits per heavy atom. The van der Waals surface area contributed by atoms with E-state index in [1.165, 1.54) is 4.31 Å². The summed E-state index contributed by atoms with van der Waals surface area (Å²) in [6.07, 6.45) is 3.53. The quantitative estimate of drug-likeness (QED) is 0.337. The summed E-state index contributed by atoms with van der Waals surface area (Å²) in [5.41, 5.74) is 2.38. The lowest BCUT2D eigenvalue weighted by Gasteiger charge is -2.22. The van der Waals surface area contributed by atoms with Gasteiger partial charge in [-0.25, -0.2) is 17.9 Å². The predicted molar refractivity (Wildman–Crippen MR) is 131 cm³/mol. The molecule has 0 saturated heterocycles. The molecule has 0 amide bonds. The maximum atomic E-state index is 13.4. The van der Waals surface area contributed by atoms with Gasteiger partial charge in [0.2, 0.25) is 0 Å². The Morgan fingerprint density at radius 2 is 1.79 bits per heavy atom. The fourth-order valence-corrected chi connectivity index (χ4v) is 5.79. The minimum atomic E-state index is -3.75. The molecule has 2 aromatic heterocycles. The van der Waals surface area contributed by atoms with Gasteiger partial charge in [-0.3, -0.25) is 0 Å². The molecule has 0 bridgehead atoms. The lowest BCUT2D eigenvalue weighted by atomic mass is 10.2. The number of aliphatic carboxylic acids is 1. The number of nitrogens with zero attached hydrogens (tertiary/aromatic N) is 3. The first-order chi connectivity index (χ1) is 15.9. The number of hydrogen-bond donors (Lipinski definition) is 1. The number of carbonyl (C=O) groups is 1. The van der Waals surface area contributed by atoms with E-state index < -0.39 is 22.6 Å². The Kier molecular flexibility index (Phi) is 8.46. The summed E-state index contributed by atoms with van der Waals surface area (Å²) < 4.78 is 35.4. The van der Waals surface area contributed by atoms with Crippen LogP contribution in [0.4, 0.5) is 0 Å². The summed E-state index contributed by atoms with van der Waals surface area (Å²) in [6.45, 7) is -0.200. The minimum absolute atomic E-state index is 0. The highest BCUT2D eigenvalue weighted by molar-refractivity contribution is 7.91. The van der Waals surface area contributed by atoms with Crippen LogP contribution >= 0.6 is 23.7 Å². The average Bonchev–Trinajstić information content (AvgIpc) is 3.53. The molecular weight excluding hydrogens is 498 g/mol. The SMILES string of the molecule is Cl.O=C(O)COc1cccc(CN(Cc2ccc(-n3cccn3)cc2)S(=O)(=O)c2cccs2)c1. The van der Waals surface area contributed by atoms with Gasteiger partial charge in [0.15, 0.2) is 6.61 Å². The summed E-state index contributed by atoms with van der Waals surface area (Å²) in [5.74, 6) is -0.715. The van der Waals surface area contributed by atoms with Crippen LogP contribution in [0.1, 0.15) is 11.1 Å². The number of thiophene rings is 1. The highest BCUT2D eigenvalue weighted by Crippen LogP contribution is 2.26. The molecule has 0 aliphatic carbocycles. The molecule has 1 N–H and O–H groups in total. The van der Waals surface area contributed by atoms with Crippen LogP contribution in [0.15, 0.2) is 88.7 Å². The molecule has 4 aromatic rings. The molecule has 2 heterocycles. The van der Waals surface area contributed by atoms with E-state index >= 15 is 0 Å². The van der Waals surface area contributed by atoms with Crippen LogP contribution in [0.3, 0.4) is 0 Å². The number of benzene rings is 2. The van der Waals surface area contributed by atoms with Crippen LogP contribution in [-0.4, -0.2) is 40.2 Å². The van der Waals surface area contributed by atoms with Crippen LogP contribution in [0.2, 0.25) is 0 Å². The Labute approximate surface area is 207 Å². The molecule has 34 heavy (non-hydrogen) atoms. The summed E-state index contributed by atoms with van der Waals surface area (Å²) >= 11 is 1.16. The molecule has 0 unspecified atom stereocenters. The van der Waals surface area contributed by atoms with Crippen molar-refractivity contribution in [2.45, 2.75) is 17.3 Å². The maximum Gasteiger partial charge on any atom is 0.341 e. The molecule has 0 spiro atoms. The summed E-state index contributed by atoms with van der Waals surface area (Å²) in [5, 5.41) is 14.8. The second kappa shape index (κ2) is 11.3. The van der Waals surface area contributed by atoms with Crippen molar-refractivity contribution in [1.29, 1.82) is 0 Å². The van der Waals surface area contributed by atoms with Crippen molar-refractivity contribution in [3.8, 4) is 11.4 Å². The number of sulfonamides is 1. The topological polar surface area (TPSA) is 102 Å². The molecule has 0 atom stereocenters. The van der Waals surface area contributed by atoms with Crippen molar-refractivity contribution in [3.63, 3.8) is 0 Å². The molecular formula is C23H22ClN3O5S2. The number of carboxylic acids is 1. The van der Waals surface area contributed by atoms with Crippen molar-refractivity contribution in [2.24, 2.45) is 0 Å². The van der Waals surface area contributed by atoms with Crippen molar-refractivity contribution >= 4 is 39.7 Å². The van der Waals surface area contributed by atoms with Crippen molar-refractivity contribution in [1.82, 2.24) is 14.1 Å². The first kappa shape index (κ1) is 25.4. The second-order valence-electron chi connectivity index (χ2n) is 7.15. The number of hydrogen-bond acceptors (Lipinski definition) is 6. The number of ether oxygens (including phenoxy) is 1. The van der Waals surface area contributed by atoms with Gasteiger partial charge in [-0.05, 0) is 52.9 Å². The fraction of sp³-hybridized carbons (Fsp3) is 0.130. The van der Waals surface area contributed by atoms with Gasteiger partial charge in [-0.15, -0.1) is 23.7 Å². The van der Waals surface area contributed by atoms with Crippen molar-refractivity contribution in [2.75, 3.05) is 6.61 Å². The highest BCUT2D eigenvalue weighted by Gasteiger charge is 2.26. The summed E-state index contributed by atoms with van der Waals surface area (Å²) in [6, 6.07) is 19.4. The molecule has 178 valence electrons. The highest BCUT2D eigenvalue weighted by atomic mass is 35.5. The number of halogens is 1. The van der Waals surface area contributed by atoms with Gasteiger partial charge in [0, 0.05) is 25.5 Å². The van der Waals surface area contributed by atoms with Crippen LogP contribution in [0, 0.1) is 0 Å². The molecule has 2 aromatic carbocycles. The molecule has 0 fully saturated rings. The first-order valence-corrected chi connectivity index (χ1v) is 12.3. The van der Waals surface area contributed by atoms with Gasteiger partial charge in [0.25, 0.3) is 10.0 Å². The van der Waals surface area contributed by atoms with E-state index in [9.17, 15) is 13.2 Å². The number of carboxylic acid groups (broad SMARTS) is 1. The second-order valence-corrected chi connectivity index (χ2v) is 10.3. The molecule has 0 aliphatic rings. The van der Waals surface area contributed by atoms with Crippen LogP contribution in [0.5, 0.6) is 5.75 Å². The Balaban J connectivity index is 0.00000324. The van der Waals surface area contributed by atoms with Gasteiger partial charge in [0.05, 0.1) is 5.69 Å². The van der Waals surface area contributed by atoms with E-state index in [2.05, 4.69) is 5.10 Å². The molecule has 0 radical (unpaired) electrons. The van der Waals surface area contributed by atoms with E-state index in [0.717, 1.165) is 22.6 Å². The standard InChI is InChI=1S/C23H21N3O5S2.ClH/c27-22(28)17-31-21-5-1-4-19(14-21)16-25(33(29,30)23-6-2-13-32-23)15-18-7-9-20(10-8-18)26-12-3-11-24-26;/h1-14H,15-17H2,(H,27,28);1H. The van der Waals surface area contributed by atoms with Gasteiger partial charge in [-0.2, -0.15) is 9.40 Å². The van der Waals surface area contributed by atoms with Crippen molar-refractivity contribution < 1.29 is 23.1 Å². The van der Waals surface area contributed by atoms with Gasteiger partial charge in [0.1, 0.15) is 9.96 Å². The van der Waals surface area contributed by atoms with E-state index in [0.29, 0.717) is 11.3 Å². The zero-order chi connectivity index (χ0) is 23.3. The number of rotatable bonds is 10. The lowest BCUT2D eigenvalue weighted by molar-refractivity contribution is -0.139. The van der Waals surface area contributed by atoms with E-state index in [-0.39, 0.29) is 29.7 Å². The van der Waals surface area contributed by atoms with E-state index in [1.807, 2.05) is 36.5 Å². The molecule has 0 saturated carbocycles. The summed E-state index contributed by atoms with van der Waals surface area (Å²) in [7, 11) is -3.75. The predicted octanol–water partition coefficient (Wildman–Crippen LogP) is 4.21. The normalized spacial score (nSPS) is 11.2. The minimum Gasteiger partial charge on any atom is -0.482 e. The van der Waals surface area contributed by atoms with Gasteiger partial charge < -0.3 is 9.84 Å². The zero-order valence-electron chi connectivity index (χ0n) is 17.9. The molecule has 4 rings (SSSR count). The van der Waals surface area contributed by atoms with Crippen LogP contribution in [-0.2, 0) is 27.9 Å². The third kappa shape index (κ3) is 6.23. The number of aromatic nitrogens is 2. The Bertz CT molecular complexity index is 1310. The molecule has 11 heteroatoms. The Hall–Kier alpha value is -3.18. The third-order valence-corrected chi connectivity index (χ3v) is 7.94. The van der Waals surface area contributed by atoms with E-state index in [4.69, 9.17) is 9.84 Å². The smallest absolute Gasteiger partial charge is 0.341 e. The van der Waals surface area contributed by atoms with E-state index in [1.54, 1.807) is 52.7 Å². The largest absolute Gasteiger partial charge is 0.482 e. The summed E-state index contributed by atoms with van der Waals surface area (Å²) in [4.78, 5) is 10.8. The Morgan fingerprint density at radius 3 is 2.44 bits per heavy atom. The molecule has 8 nitrogen and oxygen atoms in total. The maximum absolute atomic E-state index is 13.4. The molecule has 0 aliphatic heterocycles. The average molecular weight is 520 g/mol. The van der Waals surface area contributed by atoms with Gasteiger partial charge >= 0.3 is 5.97 Å². The van der Waals surface area contributed by atoms with Crippen LogP contribution in [0.25, 0.3) is 5.69 Å². The third-order valence-electron chi connectivity index (χ3n) is 4.77. The fourth-order valence-electron chi connectivity index (χ4n) is 3.22. The monoisotopic (exact) mass is 519 g/mol.